The van der Waals surface area contributed by atoms with Crippen molar-refractivity contribution in [3.05, 3.63) is 42.6 Å². The molecule has 0 saturated heterocycles. The Kier molecular flexibility index (Phi) is 5.29. The second-order valence-electron chi connectivity index (χ2n) is 9.50. The van der Waals surface area contributed by atoms with Gasteiger partial charge in [0.25, 0.3) is 0 Å². The van der Waals surface area contributed by atoms with Crippen molar-refractivity contribution in [1.82, 2.24) is 34.1 Å². The standard InChI is InChI=1S/C24H30N8O2/c1-14(2)32-22(27-15(3)29-32)19-13-30-8-9-34-20-10-16(6-7-18(20)21(30)28-19)17-11-26-31(12-17)24(4,5)23(25)33/h6-7,10-14,23,33H,8-9,25H2,1-5H3. The Labute approximate surface area is 198 Å². The van der Waals surface area contributed by atoms with E-state index in [0.717, 1.165) is 45.6 Å². The highest BCUT2D eigenvalue weighted by atomic mass is 16.5. The minimum Gasteiger partial charge on any atom is -0.491 e. The van der Waals surface area contributed by atoms with Crippen molar-refractivity contribution in [3.63, 3.8) is 0 Å². The molecule has 0 radical (unpaired) electrons. The first-order chi connectivity index (χ1) is 16.1. The summed E-state index contributed by atoms with van der Waals surface area (Å²) in [5.41, 5.74) is 8.59. The van der Waals surface area contributed by atoms with Crippen LogP contribution in [-0.4, -0.2) is 52.0 Å². The number of aliphatic hydroxyl groups excluding tert-OH is 1. The van der Waals surface area contributed by atoms with Crippen LogP contribution in [0.4, 0.5) is 0 Å². The zero-order valence-corrected chi connectivity index (χ0v) is 20.1. The molecule has 1 aliphatic rings. The largest absolute Gasteiger partial charge is 0.491 e. The number of benzene rings is 1. The van der Waals surface area contributed by atoms with Crippen LogP contribution in [0.25, 0.3) is 34.0 Å². The molecule has 34 heavy (non-hydrogen) atoms. The molecule has 0 amide bonds. The van der Waals surface area contributed by atoms with Crippen LogP contribution in [-0.2, 0) is 12.1 Å². The molecule has 10 heteroatoms. The Bertz CT molecular complexity index is 1340. The normalized spacial score (nSPS) is 14.5. The average molecular weight is 463 g/mol. The van der Waals surface area contributed by atoms with E-state index in [-0.39, 0.29) is 6.04 Å². The number of fused-ring (bicyclic) bond motifs is 3. The zero-order valence-electron chi connectivity index (χ0n) is 20.1. The Hall–Kier alpha value is -3.50. The van der Waals surface area contributed by atoms with Gasteiger partial charge in [0.2, 0.25) is 0 Å². The fourth-order valence-corrected chi connectivity index (χ4v) is 4.06. The van der Waals surface area contributed by atoms with Crippen molar-refractivity contribution in [1.29, 1.82) is 0 Å². The van der Waals surface area contributed by atoms with Gasteiger partial charge in [-0.05, 0) is 52.3 Å². The maximum Gasteiger partial charge on any atom is 0.178 e. The maximum atomic E-state index is 9.91. The molecule has 1 unspecified atom stereocenters. The van der Waals surface area contributed by atoms with Crippen LogP contribution in [0.5, 0.6) is 5.75 Å². The smallest absolute Gasteiger partial charge is 0.178 e. The summed E-state index contributed by atoms with van der Waals surface area (Å²) < 4.78 is 11.8. The van der Waals surface area contributed by atoms with Crippen LogP contribution in [0.3, 0.4) is 0 Å². The van der Waals surface area contributed by atoms with E-state index in [2.05, 4.69) is 33.6 Å². The second-order valence-corrected chi connectivity index (χ2v) is 9.50. The highest BCUT2D eigenvalue weighted by Crippen LogP contribution is 2.37. The molecular weight excluding hydrogens is 432 g/mol. The first-order valence-corrected chi connectivity index (χ1v) is 11.4. The van der Waals surface area contributed by atoms with Gasteiger partial charge < -0.3 is 20.1 Å². The molecule has 1 atom stereocenters. The summed E-state index contributed by atoms with van der Waals surface area (Å²) in [6, 6.07) is 6.24. The molecule has 0 spiro atoms. The number of rotatable bonds is 5. The third-order valence-electron chi connectivity index (χ3n) is 6.27. The van der Waals surface area contributed by atoms with Gasteiger partial charge >= 0.3 is 0 Å². The molecule has 0 bridgehead atoms. The lowest BCUT2D eigenvalue weighted by molar-refractivity contribution is 0.0547. The minimum absolute atomic E-state index is 0.183. The van der Waals surface area contributed by atoms with Gasteiger partial charge in [-0.25, -0.2) is 14.6 Å². The number of nitrogens with zero attached hydrogens (tertiary/aromatic N) is 7. The lowest BCUT2D eigenvalue weighted by Gasteiger charge is -2.28. The topological polar surface area (TPSA) is 122 Å². The van der Waals surface area contributed by atoms with Gasteiger partial charge in [0, 0.05) is 24.0 Å². The van der Waals surface area contributed by atoms with Crippen molar-refractivity contribution < 1.29 is 9.84 Å². The van der Waals surface area contributed by atoms with Crippen molar-refractivity contribution in [2.75, 3.05) is 6.61 Å². The lowest BCUT2D eigenvalue weighted by atomic mass is 10.0. The molecule has 10 nitrogen and oxygen atoms in total. The number of aromatic nitrogens is 7. The number of aliphatic hydroxyl groups is 1. The van der Waals surface area contributed by atoms with E-state index in [4.69, 9.17) is 15.5 Å². The summed E-state index contributed by atoms with van der Waals surface area (Å²) in [7, 11) is 0. The Morgan fingerprint density at radius 3 is 2.65 bits per heavy atom. The first-order valence-electron chi connectivity index (χ1n) is 11.4. The van der Waals surface area contributed by atoms with E-state index in [1.54, 1.807) is 10.9 Å². The fraction of sp³-hybridized carbons (Fsp3) is 0.417. The van der Waals surface area contributed by atoms with Crippen molar-refractivity contribution in [3.8, 4) is 39.8 Å². The summed E-state index contributed by atoms with van der Waals surface area (Å²) in [6.07, 6.45) is 4.64. The summed E-state index contributed by atoms with van der Waals surface area (Å²) in [5, 5.41) is 18.9. The SMILES string of the molecule is Cc1nc(-c2cn3c(n2)-c2ccc(-c4cnn(C(C)(C)C(N)O)c4)cc2OCC3)n(C(C)C)n1. The predicted molar refractivity (Wildman–Crippen MR) is 128 cm³/mol. The van der Waals surface area contributed by atoms with Crippen LogP contribution in [0.2, 0.25) is 0 Å². The lowest BCUT2D eigenvalue weighted by Crippen LogP contribution is -2.45. The molecule has 1 aromatic carbocycles. The molecule has 3 N–H and O–H groups in total. The number of hydrogen-bond donors (Lipinski definition) is 2. The molecule has 5 rings (SSSR count). The Balaban J connectivity index is 1.53. The van der Waals surface area contributed by atoms with Crippen molar-refractivity contribution >= 4 is 0 Å². The van der Waals surface area contributed by atoms with Crippen molar-refractivity contribution in [2.45, 2.75) is 59.0 Å². The molecule has 0 saturated carbocycles. The van der Waals surface area contributed by atoms with E-state index in [1.807, 2.05) is 56.0 Å². The van der Waals surface area contributed by atoms with Gasteiger partial charge in [0.1, 0.15) is 35.9 Å². The van der Waals surface area contributed by atoms with Crippen LogP contribution in [0, 0.1) is 6.92 Å². The number of hydrogen-bond acceptors (Lipinski definition) is 7. The van der Waals surface area contributed by atoms with Crippen LogP contribution in [0.15, 0.2) is 36.8 Å². The van der Waals surface area contributed by atoms with E-state index < -0.39 is 11.8 Å². The Morgan fingerprint density at radius 2 is 1.91 bits per heavy atom. The molecule has 3 aromatic heterocycles. The third-order valence-corrected chi connectivity index (χ3v) is 6.27. The number of imidazole rings is 1. The predicted octanol–water partition coefficient (Wildman–Crippen LogP) is 2.97. The zero-order chi connectivity index (χ0) is 24.2. The molecule has 0 aliphatic carbocycles. The molecule has 1 aliphatic heterocycles. The van der Waals surface area contributed by atoms with Gasteiger partial charge in [0.15, 0.2) is 5.82 Å². The van der Waals surface area contributed by atoms with Gasteiger partial charge in [0.05, 0.1) is 23.8 Å². The molecular formula is C24H30N8O2. The van der Waals surface area contributed by atoms with Crippen molar-refractivity contribution in [2.24, 2.45) is 5.73 Å². The molecule has 0 fully saturated rings. The highest BCUT2D eigenvalue weighted by Gasteiger charge is 2.28. The van der Waals surface area contributed by atoms with Gasteiger partial charge in [-0.15, -0.1) is 0 Å². The summed E-state index contributed by atoms with van der Waals surface area (Å²) in [4.78, 5) is 9.56. The van der Waals surface area contributed by atoms with E-state index in [1.165, 1.54) is 0 Å². The Morgan fingerprint density at radius 1 is 1.12 bits per heavy atom. The summed E-state index contributed by atoms with van der Waals surface area (Å²) in [6.45, 7) is 11.0. The van der Waals surface area contributed by atoms with Crippen LogP contribution < -0.4 is 10.5 Å². The summed E-state index contributed by atoms with van der Waals surface area (Å²) >= 11 is 0. The minimum atomic E-state index is -1.03. The van der Waals surface area contributed by atoms with E-state index >= 15 is 0 Å². The maximum absolute atomic E-state index is 9.91. The molecule has 4 heterocycles. The van der Waals surface area contributed by atoms with E-state index in [0.29, 0.717) is 13.2 Å². The van der Waals surface area contributed by atoms with Gasteiger partial charge in [-0.2, -0.15) is 10.2 Å². The second kappa shape index (κ2) is 8.07. The molecule has 4 aromatic rings. The third kappa shape index (κ3) is 3.68. The number of ether oxygens (including phenoxy) is 1. The van der Waals surface area contributed by atoms with Crippen LogP contribution >= 0.6 is 0 Å². The van der Waals surface area contributed by atoms with E-state index in [9.17, 15) is 5.11 Å². The summed E-state index contributed by atoms with van der Waals surface area (Å²) in [5.74, 6) is 3.10. The average Bonchev–Trinajstić information content (AvgIpc) is 3.50. The number of nitrogens with two attached hydrogens (primary N) is 1. The highest BCUT2D eigenvalue weighted by molar-refractivity contribution is 5.74. The monoisotopic (exact) mass is 462 g/mol. The van der Waals surface area contributed by atoms with Gasteiger partial charge in [-0.3, -0.25) is 4.68 Å². The van der Waals surface area contributed by atoms with Gasteiger partial charge in [-0.1, -0.05) is 6.07 Å². The van der Waals surface area contributed by atoms with Crippen LogP contribution in [0.1, 0.15) is 39.6 Å². The molecule has 178 valence electrons. The quantitative estimate of drug-likeness (QED) is 0.437. The number of aryl methyl sites for hydroxylation is 1. The first kappa shape index (κ1) is 22.3. The fourth-order valence-electron chi connectivity index (χ4n) is 4.06.